The van der Waals surface area contributed by atoms with Crippen LogP contribution in [-0.2, 0) is 0 Å². The van der Waals surface area contributed by atoms with Gasteiger partial charge in [-0.2, -0.15) is 0 Å². The van der Waals surface area contributed by atoms with Gasteiger partial charge in [-0.25, -0.2) is 4.98 Å². The maximum Gasteiger partial charge on any atom is 0.125 e. The minimum absolute atomic E-state index is 0.597. The summed E-state index contributed by atoms with van der Waals surface area (Å²) in [4.78, 5) is 7.03. The van der Waals surface area contributed by atoms with Gasteiger partial charge in [-0.05, 0) is 44.0 Å². The van der Waals surface area contributed by atoms with Crippen molar-refractivity contribution in [2.24, 2.45) is 0 Å². The SMILES string of the molecule is CCCCN1CCC[C@H]1c1ccc(NC)nc1. The molecule has 3 nitrogen and oxygen atoms in total. The fraction of sp³-hybridized carbons (Fsp3) is 0.643. The van der Waals surface area contributed by atoms with E-state index in [0.717, 1.165) is 5.82 Å². The molecule has 0 aliphatic carbocycles. The fourth-order valence-electron chi connectivity index (χ4n) is 2.58. The number of rotatable bonds is 5. The Kier molecular flexibility index (Phi) is 4.37. The van der Waals surface area contributed by atoms with Gasteiger partial charge in [0.15, 0.2) is 0 Å². The lowest BCUT2D eigenvalue weighted by Gasteiger charge is -2.24. The van der Waals surface area contributed by atoms with Crippen LogP contribution in [0.4, 0.5) is 5.82 Å². The number of unbranched alkanes of at least 4 members (excludes halogenated alkanes) is 1. The lowest BCUT2D eigenvalue weighted by atomic mass is 10.1. The molecule has 0 spiro atoms. The standard InChI is InChI=1S/C14H23N3/c1-3-4-9-17-10-5-6-13(17)12-7-8-14(15-2)16-11-12/h7-8,11,13H,3-6,9-10H2,1-2H3,(H,15,16)/t13-/m0/s1. The second kappa shape index (κ2) is 6.01. The quantitative estimate of drug-likeness (QED) is 0.847. The Balaban J connectivity index is 2.03. The first-order valence-corrected chi connectivity index (χ1v) is 6.73. The molecule has 1 atom stereocenters. The van der Waals surface area contributed by atoms with Gasteiger partial charge in [0.05, 0.1) is 0 Å². The van der Waals surface area contributed by atoms with Gasteiger partial charge < -0.3 is 5.32 Å². The van der Waals surface area contributed by atoms with Crippen LogP contribution in [0, 0.1) is 0 Å². The van der Waals surface area contributed by atoms with Gasteiger partial charge in [-0.3, -0.25) is 4.90 Å². The molecule has 94 valence electrons. The van der Waals surface area contributed by atoms with Crippen LogP contribution in [0.1, 0.15) is 44.2 Å². The number of hydrogen-bond donors (Lipinski definition) is 1. The molecular weight excluding hydrogens is 210 g/mol. The van der Waals surface area contributed by atoms with Crippen LogP contribution >= 0.6 is 0 Å². The third-order valence-corrected chi connectivity index (χ3v) is 3.59. The number of likely N-dealkylation sites (tertiary alicyclic amines) is 1. The number of nitrogens with zero attached hydrogens (tertiary/aromatic N) is 2. The predicted molar refractivity (Wildman–Crippen MR) is 72.2 cm³/mol. The summed E-state index contributed by atoms with van der Waals surface area (Å²) in [5.74, 6) is 0.951. The normalized spacial score (nSPS) is 20.7. The number of hydrogen-bond acceptors (Lipinski definition) is 3. The van der Waals surface area contributed by atoms with E-state index in [0.29, 0.717) is 6.04 Å². The molecule has 0 saturated carbocycles. The number of anilines is 1. The molecule has 0 aromatic carbocycles. The van der Waals surface area contributed by atoms with E-state index in [4.69, 9.17) is 0 Å². The summed E-state index contributed by atoms with van der Waals surface area (Å²) in [6.07, 6.45) is 7.21. The molecule has 0 radical (unpaired) electrons. The summed E-state index contributed by atoms with van der Waals surface area (Å²) < 4.78 is 0. The molecule has 1 N–H and O–H groups in total. The number of nitrogens with one attached hydrogen (secondary N) is 1. The molecule has 1 aromatic rings. The zero-order valence-corrected chi connectivity index (χ0v) is 10.9. The summed E-state index contributed by atoms with van der Waals surface area (Å²) in [6, 6.07) is 4.89. The average Bonchev–Trinajstić information content (AvgIpc) is 2.84. The van der Waals surface area contributed by atoms with Crippen LogP contribution in [0.25, 0.3) is 0 Å². The van der Waals surface area contributed by atoms with E-state index in [1.54, 1.807) is 0 Å². The van der Waals surface area contributed by atoms with Gasteiger partial charge in [-0.15, -0.1) is 0 Å². The maximum absolute atomic E-state index is 4.42. The van der Waals surface area contributed by atoms with Crippen LogP contribution in [-0.4, -0.2) is 30.0 Å². The van der Waals surface area contributed by atoms with Crippen LogP contribution in [0.2, 0.25) is 0 Å². The van der Waals surface area contributed by atoms with Crippen molar-refractivity contribution < 1.29 is 0 Å². The highest BCUT2D eigenvalue weighted by molar-refractivity contribution is 5.35. The molecule has 2 heterocycles. The molecule has 1 aliphatic rings. The molecule has 1 aromatic heterocycles. The number of pyridine rings is 1. The van der Waals surface area contributed by atoms with E-state index in [1.807, 2.05) is 13.2 Å². The second-order valence-corrected chi connectivity index (χ2v) is 4.77. The molecule has 0 unspecified atom stereocenters. The third-order valence-electron chi connectivity index (χ3n) is 3.59. The Morgan fingerprint density at radius 1 is 1.47 bits per heavy atom. The monoisotopic (exact) mass is 233 g/mol. The van der Waals surface area contributed by atoms with Gasteiger partial charge >= 0.3 is 0 Å². The first-order chi connectivity index (χ1) is 8.35. The molecule has 2 rings (SSSR count). The van der Waals surface area contributed by atoms with Gasteiger partial charge in [0.2, 0.25) is 0 Å². The highest BCUT2D eigenvalue weighted by Gasteiger charge is 2.25. The van der Waals surface area contributed by atoms with Crippen molar-refractivity contribution in [3.8, 4) is 0 Å². The van der Waals surface area contributed by atoms with E-state index >= 15 is 0 Å². The zero-order valence-electron chi connectivity index (χ0n) is 10.9. The minimum atomic E-state index is 0.597. The Morgan fingerprint density at radius 3 is 3.00 bits per heavy atom. The third kappa shape index (κ3) is 2.97. The highest BCUT2D eigenvalue weighted by atomic mass is 15.2. The van der Waals surface area contributed by atoms with Gasteiger partial charge in [0, 0.05) is 19.3 Å². The van der Waals surface area contributed by atoms with Crippen molar-refractivity contribution in [3.05, 3.63) is 23.9 Å². The van der Waals surface area contributed by atoms with Crippen molar-refractivity contribution in [2.75, 3.05) is 25.5 Å². The first-order valence-electron chi connectivity index (χ1n) is 6.73. The summed E-state index contributed by atoms with van der Waals surface area (Å²) >= 11 is 0. The fourth-order valence-corrected chi connectivity index (χ4v) is 2.58. The van der Waals surface area contributed by atoms with E-state index in [-0.39, 0.29) is 0 Å². The van der Waals surface area contributed by atoms with E-state index in [2.05, 4.69) is 34.3 Å². The highest BCUT2D eigenvalue weighted by Crippen LogP contribution is 2.31. The lowest BCUT2D eigenvalue weighted by Crippen LogP contribution is -2.24. The van der Waals surface area contributed by atoms with Crippen LogP contribution in [0.3, 0.4) is 0 Å². The Hall–Kier alpha value is -1.09. The lowest BCUT2D eigenvalue weighted by molar-refractivity contribution is 0.253. The van der Waals surface area contributed by atoms with E-state index < -0.39 is 0 Å². The number of aromatic nitrogens is 1. The molecule has 0 bridgehead atoms. The van der Waals surface area contributed by atoms with Crippen molar-refractivity contribution in [3.63, 3.8) is 0 Å². The maximum atomic E-state index is 4.42. The molecule has 1 saturated heterocycles. The molecular formula is C14H23N3. The summed E-state index contributed by atoms with van der Waals surface area (Å²) in [7, 11) is 1.91. The summed E-state index contributed by atoms with van der Waals surface area (Å²) in [5, 5.41) is 3.07. The Bertz CT molecular complexity index is 334. The average molecular weight is 233 g/mol. The van der Waals surface area contributed by atoms with Gasteiger partial charge in [0.25, 0.3) is 0 Å². The smallest absolute Gasteiger partial charge is 0.125 e. The van der Waals surface area contributed by atoms with Crippen LogP contribution in [0.5, 0.6) is 0 Å². The van der Waals surface area contributed by atoms with Crippen molar-refractivity contribution in [1.82, 2.24) is 9.88 Å². The van der Waals surface area contributed by atoms with Crippen molar-refractivity contribution >= 4 is 5.82 Å². The molecule has 1 aliphatic heterocycles. The van der Waals surface area contributed by atoms with Crippen molar-refractivity contribution in [1.29, 1.82) is 0 Å². The topological polar surface area (TPSA) is 28.2 Å². The zero-order chi connectivity index (χ0) is 12.1. The first kappa shape index (κ1) is 12.4. The summed E-state index contributed by atoms with van der Waals surface area (Å²) in [6.45, 7) is 4.74. The van der Waals surface area contributed by atoms with Crippen LogP contribution < -0.4 is 5.32 Å². The second-order valence-electron chi connectivity index (χ2n) is 4.77. The van der Waals surface area contributed by atoms with Gasteiger partial charge in [0.1, 0.15) is 5.82 Å². The van der Waals surface area contributed by atoms with Crippen molar-refractivity contribution in [2.45, 2.75) is 38.6 Å². The molecule has 17 heavy (non-hydrogen) atoms. The van der Waals surface area contributed by atoms with E-state index in [9.17, 15) is 0 Å². The minimum Gasteiger partial charge on any atom is -0.373 e. The Labute approximate surface area is 104 Å². The molecule has 3 heteroatoms. The van der Waals surface area contributed by atoms with Crippen LogP contribution in [0.15, 0.2) is 18.3 Å². The molecule has 0 amide bonds. The van der Waals surface area contributed by atoms with Gasteiger partial charge in [-0.1, -0.05) is 19.4 Å². The molecule has 1 fully saturated rings. The Morgan fingerprint density at radius 2 is 2.35 bits per heavy atom. The largest absolute Gasteiger partial charge is 0.373 e. The summed E-state index contributed by atoms with van der Waals surface area (Å²) in [5.41, 5.74) is 1.37. The predicted octanol–water partition coefficient (Wildman–Crippen LogP) is 3.06. The van der Waals surface area contributed by atoms with E-state index in [1.165, 1.54) is 44.3 Å².